The zero-order valence-electron chi connectivity index (χ0n) is 20.3. The molecule has 0 atom stereocenters. The van der Waals surface area contributed by atoms with Crippen LogP contribution in [0.3, 0.4) is 0 Å². The summed E-state index contributed by atoms with van der Waals surface area (Å²) in [6.45, 7) is 6.46. The van der Waals surface area contributed by atoms with Crippen molar-refractivity contribution in [1.82, 2.24) is 19.6 Å². The lowest BCUT2D eigenvalue weighted by atomic mass is 9.92. The van der Waals surface area contributed by atoms with Crippen molar-refractivity contribution in [2.45, 2.75) is 38.0 Å². The molecule has 0 N–H and O–H groups in total. The maximum atomic E-state index is 9.64. The van der Waals surface area contributed by atoms with Crippen LogP contribution >= 0.6 is 11.8 Å². The van der Waals surface area contributed by atoms with Gasteiger partial charge in [-0.25, -0.2) is 9.50 Å². The molecule has 0 aliphatic carbocycles. The fourth-order valence-corrected chi connectivity index (χ4v) is 5.56. The molecule has 0 radical (unpaired) electrons. The average molecular weight is 483 g/mol. The Morgan fingerprint density at radius 3 is 2.66 bits per heavy atom. The summed E-state index contributed by atoms with van der Waals surface area (Å²) in [6, 6.07) is 14.9. The van der Waals surface area contributed by atoms with Crippen LogP contribution in [0.4, 0.5) is 5.82 Å². The molecule has 178 valence electrons. The molecule has 4 aromatic rings. The predicted octanol–water partition coefficient (Wildman–Crippen LogP) is 5.87. The fraction of sp³-hybridized carbons (Fsp3) is 0.357. The number of anilines is 1. The van der Waals surface area contributed by atoms with Gasteiger partial charge in [-0.1, -0.05) is 19.9 Å². The van der Waals surface area contributed by atoms with Crippen LogP contribution in [-0.2, 0) is 6.42 Å². The van der Waals surface area contributed by atoms with E-state index in [0.717, 1.165) is 65.5 Å². The Labute approximate surface area is 211 Å². The van der Waals surface area contributed by atoms with E-state index in [1.54, 1.807) is 6.20 Å². The molecule has 5 heterocycles. The monoisotopic (exact) mass is 482 g/mol. The Balaban J connectivity index is 1.33. The van der Waals surface area contributed by atoms with Crippen LogP contribution < -0.4 is 4.90 Å². The number of hydrogen-bond donors (Lipinski definition) is 0. The lowest BCUT2D eigenvalue weighted by Gasteiger charge is -2.32. The standard InChI is InChI=1S/C28H30N6S/c1-20(2)19-35-25-14-26(28-23(15-29)17-32-34(28)18-25)22-6-7-27(31-16-22)33-11-8-21(9-12-33)13-24-5-3-4-10-30-24/h3-7,10,14,16-18,20-21H,8-9,11-13,19H2,1-2H3. The van der Waals surface area contributed by atoms with E-state index in [9.17, 15) is 5.26 Å². The SMILES string of the molecule is CC(C)CSc1cc(-c2ccc(N3CCC(Cc4ccccn4)CC3)nc2)c2c(C#N)cnn2c1. The first-order chi connectivity index (χ1) is 17.1. The van der Waals surface area contributed by atoms with Crippen molar-refractivity contribution < 1.29 is 0 Å². The molecule has 0 aromatic carbocycles. The van der Waals surface area contributed by atoms with E-state index in [4.69, 9.17) is 4.98 Å². The Kier molecular flexibility index (Phi) is 7.01. The number of piperidine rings is 1. The lowest BCUT2D eigenvalue weighted by molar-refractivity contribution is 0.399. The maximum Gasteiger partial charge on any atom is 0.128 e. The molecule has 1 aliphatic heterocycles. The highest BCUT2D eigenvalue weighted by atomic mass is 32.2. The van der Waals surface area contributed by atoms with E-state index in [0.29, 0.717) is 17.4 Å². The van der Waals surface area contributed by atoms with Crippen molar-refractivity contribution in [2.75, 3.05) is 23.7 Å². The molecule has 1 fully saturated rings. The molecular formula is C28H30N6S. The molecule has 1 saturated heterocycles. The van der Waals surface area contributed by atoms with E-state index < -0.39 is 0 Å². The summed E-state index contributed by atoms with van der Waals surface area (Å²) in [5, 5.41) is 14.1. The van der Waals surface area contributed by atoms with Crippen LogP contribution in [0.25, 0.3) is 16.6 Å². The Hall–Kier alpha value is -3.37. The van der Waals surface area contributed by atoms with Gasteiger partial charge in [0, 0.05) is 59.1 Å². The van der Waals surface area contributed by atoms with Crippen LogP contribution in [-0.4, -0.2) is 38.4 Å². The minimum atomic E-state index is 0.583. The molecule has 0 saturated carbocycles. The lowest BCUT2D eigenvalue weighted by Crippen LogP contribution is -2.34. The van der Waals surface area contributed by atoms with E-state index in [1.165, 1.54) is 5.69 Å². The zero-order valence-corrected chi connectivity index (χ0v) is 21.1. The topological polar surface area (TPSA) is 70.1 Å². The molecule has 0 spiro atoms. The van der Waals surface area contributed by atoms with Gasteiger partial charge in [-0.2, -0.15) is 10.4 Å². The van der Waals surface area contributed by atoms with Crippen LogP contribution in [0.2, 0.25) is 0 Å². The first-order valence-corrected chi connectivity index (χ1v) is 13.2. The second-order valence-corrected chi connectivity index (χ2v) is 10.7. The van der Waals surface area contributed by atoms with E-state index in [1.807, 2.05) is 40.9 Å². The van der Waals surface area contributed by atoms with Crippen molar-refractivity contribution in [2.24, 2.45) is 11.8 Å². The van der Waals surface area contributed by atoms with Crippen molar-refractivity contribution in [1.29, 1.82) is 5.26 Å². The van der Waals surface area contributed by atoms with E-state index in [-0.39, 0.29) is 0 Å². The molecule has 1 aliphatic rings. The average Bonchev–Trinajstić information content (AvgIpc) is 3.31. The van der Waals surface area contributed by atoms with Gasteiger partial charge < -0.3 is 4.90 Å². The first kappa shape index (κ1) is 23.4. The first-order valence-electron chi connectivity index (χ1n) is 12.3. The largest absolute Gasteiger partial charge is 0.357 e. The summed E-state index contributed by atoms with van der Waals surface area (Å²) in [7, 11) is 0. The van der Waals surface area contributed by atoms with Crippen LogP contribution in [0, 0.1) is 23.2 Å². The third-order valence-corrected chi connectivity index (χ3v) is 7.90. The molecular weight excluding hydrogens is 452 g/mol. The minimum absolute atomic E-state index is 0.583. The number of pyridine rings is 3. The quantitative estimate of drug-likeness (QED) is 0.307. The number of nitrogens with zero attached hydrogens (tertiary/aromatic N) is 6. The Morgan fingerprint density at radius 2 is 1.97 bits per heavy atom. The number of thioether (sulfide) groups is 1. The predicted molar refractivity (Wildman–Crippen MR) is 142 cm³/mol. The molecule has 0 unspecified atom stereocenters. The summed E-state index contributed by atoms with van der Waals surface area (Å²) in [4.78, 5) is 12.8. The zero-order chi connectivity index (χ0) is 24.2. The van der Waals surface area contributed by atoms with Gasteiger partial charge in [0.2, 0.25) is 0 Å². The van der Waals surface area contributed by atoms with Crippen molar-refractivity contribution in [3.63, 3.8) is 0 Å². The molecule has 4 aromatic heterocycles. The molecule has 0 bridgehead atoms. The molecule has 5 rings (SSSR count). The number of hydrogen-bond acceptors (Lipinski definition) is 6. The van der Waals surface area contributed by atoms with Gasteiger partial charge in [-0.3, -0.25) is 4.98 Å². The maximum absolute atomic E-state index is 9.64. The van der Waals surface area contributed by atoms with Gasteiger partial charge in [0.15, 0.2) is 0 Å². The Bertz CT molecular complexity index is 1320. The van der Waals surface area contributed by atoms with Gasteiger partial charge >= 0.3 is 0 Å². The highest BCUT2D eigenvalue weighted by Gasteiger charge is 2.21. The van der Waals surface area contributed by atoms with Crippen LogP contribution in [0.15, 0.2) is 66.1 Å². The number of aromatic nitrogens is 4. The third-order valence-electron chi connectivity index (χ3n) is 6.51. The highest BCUT2D eigenvalue weighted by Crippen LogP contribution is 2.33. The summed E-state index contributed by atoms with van der Waals surface area (Å²) < 4.78 is 1.83. The van der Waals surface area contributed by atoms with Crippen molar-refractivity contribution >= 4 is 23.1 Å². The number of rotatable bonds is 7. The second-order valence-electron chi connectivity index (χ2n) is 9.62. The summed E-state index contributed by atoms with van der Waals surface area (Å²) in [5.41, 5.74) is 4.62. The number of fused-ring (bicyclic) bond motifs is 1. The Morgan fingerprint density at radius 1 is 1.11 bits per heavy atom. The van der Waals surface area contributed by atoms with Gasteiger partial charge in [0.1, 0.15) is 11.9 Å². The highest BCUT2D eigenvalue weighted by molar-refractivity contribution is 7.99. The number of nitriles is 1. The van der Waals surface area contributed by atoms with Crippen LogP contribution in [0.1, 0.15) is 37.9 Å². The molecule has 0 amide bonds. The molecule has 7 heteroatoms. The van der Waals surface area contributed by atoms with Crippen molar-refractivity contribution in [3.05, 3.63) is 72.4 Å². The summed E-state index contributed by atoms with van der Waals surface area (Å²) in [6.07, 6.45) is 10.8. The third kappa shape index (κ3) is 5.33. The summed E-state index contributed by atoms with van der Waals surface area (Å²) in [5.74, 6) is 3.32. The van der Waals surface area contributed by atoms with Crippen LogP contribution in [0.5, 0.6) is 0 Å². The van der Waals surface area contributed by atoms with Gasteiger partial charge in [-0.15, -0.1) is 11.8 Å². The summed E-state index contributed by atoms with van der Waals surface area (Å²) >= 11 is 1.82. The van der Waals surface area contributed by atoms with E-state index >= 15 is 0 Å². The normalized spacial score (nSPS) is 14.5. The second kappa shape index (κ2) is 10.5. The van der Waals surface area contributed by atoms with E-state index in [2.05, 4.69) is 65.2 Å². The fourth-order valence-electron chi connectivity index (χ4n) is 4.65. The molecule has 6 nitrogen and oxygen atoms in total. The van der Waals surface area contributed by atoms with Gasteiger partial charge in [-0.05, 0) is 61.4 Å². The van der Waals surface area contributed by atoms with Gasteiger partial charge in [0.05, 0.1) is 17.3 Å². The minimum Gasteiger partial charge on any atom is -0.357 e. The van der Waals surface area contributed by atoms with Crippen molar-refractivity contribution in [3.8, 4) is 17.2 Å². The molecule has 35 heavy (non-hydrogen) atoms. The smallest absolute Gasteiger partial charge is 0.128 e. The van der Waals surface area contributed by atoms with Gasteiger partial charge in [0.25, 0.3) is 0 Å².